The minimum atomic E-state index is -0.925. The Bertz CT molecular complexity index is 946. The van der Waals surface area contributed by atoms with Crippen molar-refractivity contribution in [1.29, 1.82) is 0 Å². The first-order valence-corrected chi connectivity index (χ1v) is 7.77. The summed E-state index contributed by atoms with van der Waals surface area (Å²) >= 11 is 0. The van der Waals surface area contributed by atoms with Crippen LogP contribution in [0.4, 0.5) is 0 Å². The zero-order chi connectivity index (χ0) is 16.7. The van der Waals surface area contributed by atoms with E-state index in [2.05, 4.69) is 4.98 Å². The van der Waals surface area contributed by atoms with Gasteiger partial charge in [0.1, 0.15) is 5.82 Å². The molecular formula is C18H16N2O4. The first-order valence-electron chi connectivity index (χ1n) is 7.77. The van der Waals surface area contributed by atoms with Gasteiger partial charge >= 0.3 is 5.97 Å². The molecule has 2 heterocycles. The van der Waals surface area contributed by atoms with Crippen molar-refractivity contribution in [2.24, 2.45) is 0 Å². The Balaban J connectivity index is 1.86. The van der Waals surface area contributed by atoms with Crippen molar-refractivity contribution in [2.45, 2.75) is 19.9 Å². The Hall–Kier alpha value is -3.02. The Kier molecular flexibility index (Phi) is 3.37. The number of benzene rings is 2. The molecule has 0 spiro atoms. The van der Waals surface area contributed by atoms with Gasteiger partial charge in [0.2, 0.25) is 6.79 Å². The number of aromatic nitrogens is 2. The van der Waals surface area contributed by atoms with Crippen LogP contribution in [0, 0.1) is 0 Å². The Labute approximate surface area is 138 Å². The molecular weight excluding hydrogens is 308 g/mol. The van der Waals surface area contributed by atoms with Crippen LogP contribution in [0.1, 0.15) is 28.7 Å². The third-order valence-electron chi connectivity index (χ3n) is 4.21. The summed E-state index contributed by atoms with van der Waals surface area (Å²) in [5.41, 5.74) is 2.79. The highest BCUT2D eigenvalue weighted by Gasteiger charge is 2.19. The second kappa shape index (κ2) is 5.56. The molecule has 3 aromatic rings. The van der Waals surface area contributed by atoms with Crippen molar-refractivity contribution in [3.63, 3.8) is 0 Å². The summed E-state index contributed by atoms with van der Waals surface area (Å²) in [4.78, 5) is 16.1. The minimum absolute atomic E-state index is 0.213. The number of imidazole rings is 1. The van der Waals surface area contributed by atoms with Crippen LogP contribution < -0.4 is 9.47 Å². The summed E-state index contributed by atoms with van der Waals surface area (Å²) in [7, 11) is 0. The standard InChI is InChI=1S/C18H16N2O4/c1-2-17-19-13-7-15-16(24-10-23-15)8-14(13)20(17)9-11-5-3-4-6-12(11)18(21)22/h3-8H,2,9-10H2,1H3,(H,21,22). The summed E-state index contributed by atoms with van der Waals surface area (Å²) in [6.07, 6.45) is 0.746. The summed E-state index contributed by atoms with van der Waals surface area (Å²) in [5.74, 6) is 1.36. The van der Waals surface area contributed by atoms with E-state index in [9.17, 15) is 9.90 Å². The van der Waals surface area contributed by atoms with Gasteiger partial charge in [0.15, 0.2) is 11.5 Å². The van der Waals surface area contributed by atoms with Gasteiger partial charge in [-0.2, -0.15) is 0 Å². The number of carboxylic acid groups (broad SMARTS) is 1. The maximum Gasteiger partial charge on any atom is 0.336 e. The second-order valence-corrected chi connectivity index (χ2v) is 5.62. The van der Waals surface area contributed by atoms with Gasteiger partial charge in [-0.05, 0) is 11.6 Å². The molecule has 1 aliphatic rings. The van der Waals surface area contributed by atoms with E-state index < -0.39 is 5.97 Å². The molecule has 1 N–H and O–H groups in total. The quantitative estimate of drug-likeness (QED) is 0.798. The predicted molar refractivity (Wildman–Crippen MR) is 87.7 cm³/mol. The molecule has 0 radical (unpaired) electrons. The van der Waals surface area contributed by atoms with E-state index in [1.165, 1.54) is 0 Å². The van der Waals surface area contributed by atoms with Gasteiger partial charge in [-0.1, -0.05) is 25.1 Å². The van der Waals surface area contributed by atoms with E-state index in [-0.39, 0.29) is 6.79 Å². The number of rotatable bonds is 4. The van der Waals surface area contributed by atoms with Crippen LogP contribution in [-0.2, 0) is 13.0 Å². The normalized spacial score (nSPS) is 12.7. The SMILES string of the molecule is CCc1nc2cc3c(cc2n1Cc1ccccc1C(=O)O)OCO3. The lowest BCUT2D eigenvalue weighted by Crippen LogP contribution is -2.09. The van der Waals surface area contributed by atoms with E-state index >= 15 is 0 Å². The molecule has 0 aliphatic carbocycles. The third kappa shape index (κ3) is 2.27. The number of ether oxygens (including phenoxy) is 2. The molecule has 0 atom stereocenters. The molecule has 6 heteroatoms. The lowest BCUT2D eigenvalue weighted by atomic mass is 10.1. The number of nitrogens with zero attached hydrogens (tertiary/aromatic N) is 2. The Morgan fingerprint density at radius 1 is 1.25 bits per heavy atom. The second-order valence-electron chi connectivity index (χ2n) is 5.62. The van der Waals surface area contributed by atoms with Gasteiger partial charge in [-0.3, -0.25) is 0 Å². The molecule has 24 heavy (non-hydrogen) atoms. The zero-order valence-electron chi connectivity index (χ0n) is 13.2. The number of hydrogen-bond acceptors (Lipinski definition) is 4. The number of aryl methyl sites for hydroxylation is 1. The number of fused-ring (bicyclic) bond motifs is 2. The number of carbonyl (C=O) groups is 1. The largest absolute Gasteiger partial charge is 0.478 e. The molecule has 0 saturated carbocycles. The molecule has 6 nitrogen and oxygen atoms in total. The van der Waals surface area contributed by atoms with Crippen molar-refractivity contribution in [3.8, 4) is 11.5 Å². The molecule has 1 aromatic heterocycles. The summed E-state index contributed by atoms with van der Waals surface area (Å²) in [6.45, 7) is 2.69. The molecule has 1 aliphatic heterocycles. The van der Waals surface area contributed by atoms with Crippen LogP contribution >= 0.6 is 0 Å². The Morgan fingerprint density at radius 3 is 2.75 bits per heavy atom. The van der Waals surface area contributed by atoms with Crippen LogP contribution in [0.2, 0.25) is 0 Å². The number of carboxylic acids is 1. The van der Waals surface area contributed by atoms with Crippen LogP contribution in [0.3, 0.4) is 0 Å². The van der Waals surface area contributed by atoms with E-state index in [4.69, 9.17) is 9.47 Å². The van der Waals surface area contributed by atoms with Gasteiger partial charge in [0, 0.05) is 18.6 Å². The van der Waals surface area contributed by atoms with Crippen molar-refractivity contribution >= 4 is 17.0 Å². The van der Waals surface area contributed by atoms with Gasteiger partial charge in [-0.15, -0.1) is 0 Å². The lowest BCUT2D eigenvalue weighted by Gasteiger charge is -2.11. The average molecular weight is 324 g/mol. The van der Waals surface area contributed by atoms with E-state index in [1.807, 2.05) is 35.8 Å². The van der Waals surface area contributed by atoms with Crippen LogP contribution in [-0.4, -0.2) is 27.4 Å². The van der Waals surface area contributed by atoms with Crippen LogP contribution in [0.5, 0.6) is 11.5 Å². The van der Waals surface area contributed by atoms with Crippen molar-refractivity contribution < 1.29 is 19.4 Å². The maximum atomic E-state index is 11.5. The fraction of sp³-hybridized carbons (Fsp3) is 0.222. The first-order chi connectivity index (χ1) is 11.7. The van der Waals surface area contributed by atoms with E-state index in [0.717, 1.165) is 28.8 Å². The van der Waals surface area contributed by atoms with Gasteiger partial charge in [0.25, 0.3) is 0 Å². The number of hydrogen-bond donors (Lipinski definition) is 1. The van der Waals surface area contributed by atoms with Crippen molar-refractivity contribution in [3.05, 3.63) is 53.3 Å². The van der Waals surface area contributed by atoms with Gasteiger partial charge in [-0.25, -0.2) is 9.78 Å². The summed E-state index contributed by atoms with van der Waals surface area (Å²) in [5, 5.41) is 9.40. The molecule has 0 unspecified atom stereocenters. The molecule has 0 bridgehead atoms. The molecule has 2 aromatic carbocycles. The third-order valence-corrected chi connectivity index (χ3v) is 4.21. The van der Waals surface area contributed by atoms with E-state index in [0.29, 0.717) is 23.6 Å². The molecule has 4 rings (SSSR count). The topological polar surface area (TPSA) is 73.6 Å². The van der Waals surface area contributed by atoms with Gasteiger partial charge in [0.05, 0.1) is 23.1 Å². The highest BCUT2D eigenvalue weighted by atomic mass is 16.7. The molecule has 0 fully saturated rings. The summed E-state index contributed by atoms with van der Waals surface area (Å²) in [6, 6.07) is 10.8. The fourth-order valence-corrected chi connectivity index (χ4v) is 3.05. The smallest absolute Gasteiger partial charge is 0.336 e. The predicted octanol–water partition coefficient (Wildman–Crippen LogP) is 3.07. The zero-order valence-corrected chi connectivity index (χ0v) is 13.2. The first kappa shape index (κ1) is 14.6. The average Bonchev–Trinajstić information content (AvgIpc) is 3.17. The van der Waals surface area contributed by atoms with Crippen LogP contribution in [0.25, 0.3) is 11.0 Å². The fourth-order valence-electron chi connectivity index (χ4n) is 3.05. The van der Waals surface area contributed by atoms with Crippen LogP contribution in [0.15, 0.2) is 36.4 Å². The molecule has 0 amide bonds. The maximum absolute atomic E-state index is 11.5. The van der Waals surface area contributed by atoms with Gasteiger partial charge < -0.3 is 19.1 Å². The monoisotopic (exact) mass is 324 g/mol. The number of aromatic carboxylic acids is 1. The molecule has 122 valence electrons. The highest BCUT2D eigenvalue weighted by molar-refractivity contribution is 5.89. The lowest BCUT2D eigenvalue weighted by molar-refractivity contribution is 0.0695. The Morgan fingerprint density at radius 2 is 2.00 bits per heavy atom. The van der Waals surface area contributed by atoms with Crippen molar-refractivity contribution in [1.82, 2.24) is 9.55 Å². The van der Waals surface area contributed by atoms with Crippen molar-refractivity contribution in [2.75, 3.05) is 6.79 Å². The van der Waals surface area contributed by atoms with E-state index in [1.54, 1.807) is 12.1 Å². The summed E-state index contributed by atoms with van der Waals surface area (Å²) < 4.78 is 12.9. The minimum Gasteiger partial charge on any atom is -0.478 e. The molecule has 0 saturated heterocycles. The highest BCUT2D eigenvalue weighted by Crippen LogP contribution is 2.36.